The van der Waals surface area contributed by atoms with Crippen molar-refractivity contribution in [3.05, 3.63) is 35.9 Å². The van der Waals surface area contributed by atoms with Crippen molar-refractivity contribution < 1.29 is 8.42 Å². The van der Waals surface area contributed by atoms with E-state index in [4.69, 9.17) is 11.6 Å². The maximum absolute atomic E-state index is 11.3. The Bertz CT molecular complexity index is 692. The van der Waals surface area contributed by atoms with Gasteiger partial charge in [0.15, 0.2) is 0 Å². The molecule has 9 heteroatoms. The zero-order valence-corrected chi connectivity index (χ0v) is 11.4. The molecule has 2 aromatic rings. The molecule has 0 aliphatic rings. The van der Waals surface area contributed by atoms with Crippen LogP contribution >= 0.6 is 11.6 Å². The van der Waals surface area contributed by atoms with E-state index >= 15 is 0 Å². The molecule has 0 atom stereocenters. The number of benzene rings is 1. The summed E-state index contributed by atoms with van der Waals surface area (Å²) in [5.41, 5.74) is 0.900. The van der Waals surface area contributed by atoms with E-state index in [1.807, 2.05) is 0 Å². The van der Waals surface area contributed by atoms with Gasteiger partial charge in [-0.25, -0.2) is 18.4 Å². The fraction of sp³-hybridized carbons (Fsp3) is 0.100. The SMILES string of the molecule is CS(=O)(=O)Nc1ccccc1Nc1ncnc(Cl)n1. The van der Waals surface area contributed by atoms with Crippen molar-refractivity contribution in [3.8, 4) is 0 Å². The predicted octanol–water partition coefficient (Wildman–Crippen LogP) is 1.64. The van der Waals surface area contributed by atoms with Crippen LogP contribution in [0.1, 0.15) is 0 Å². The molecule has 2 N–H and O–H groups in total. The first-order valence-corrected chi connectivity index (χ1v) is 7.39. The van der Waals surface area contributed by atoms with Gasteiger partial charge in [-0.3, -0.25) is 4.72 Å². The number of nitrogens with zero attached hydrogens (tertiary/aromatic N) is 3. The molecule has 0 bridgehead atoms. The Labute approximate surface area is 115 Å². The lowest BCUT2D eigenvalue weighted by atomic mass is 10.3. The smallest absolute Gasteiger partial charge is 0.231 e. The number of para-hydroxylation sites is 2. The molecule has 1 aromatic carbocycles. The summed E-state index contributed by atoms with van der Waals surface area (Å²) in [5, 5.41) is 2.91. The maximum Gasteiger partial charge on any atom is 0.231 e. The van der Waals surface area contributed by atoms with Gasteiger partial charge in [-0.15, -0.1) is 0 Å². The molecule has 0 saturated carbocycles. The first-order chi connectivity index (χ1) is 8.94. The van der Waals surface area contributed by atoms with Crippen molar-refractivity contribution in [1.29, 1.82) is 0 Å². The molecule has 0 fully saturated rings. The molecule has 0 aliphatic carbocycles. The van der Waals surface area contributed by atoms with E-state index in [1.165, 1.54) is 6.33 Å². The second kappa shape index (κ2) is 5.37. The van der Waals surface area contributed by atoms with Gasteiger partial charge in [-0.2, -0.15) is 4.98 Å². The van der Waals surface area contributed by atoms with Crippen LogP contribution in [0.5, 0.6) is 0 Å². The Morgan fingerprint density at radius 1 is 1.16 bits per heavy atom. The van der Waals surface area contributed by atoms with Gasteiger partial charge in [0.25, 0.3) is 0 Å². The fourth-order valence-corrected chi connectivity index (χ4v) is 2.04. The fourth-order valence-electron chi connectivity index (χ4n) is 1.34. The van der Waals surface area contributed by atoms with Crippen LogP contribution in [0.4, 0.5) is 17.3 Å². The quantitative estimate of drug-likeness (QED) is 0.891. The zero-order chi connectivity index (χ0) is 13.9. The second-order valence-electron chi connectivity index (χ2n) is 3.62. The molecule has 1 heterocycles. The predicted molar refractivity (Wildman–Crippen MR) is 73.0 cm³/mol. The minimum Gasteiger partial charge on any atom is -0.322 e. The van der Waals surface area contributed by atoms with Crippen molar-refractivity contribution in [2.75, 3.05) is 16.3 Å². The third kappa shape index (κ3) is 4.04. The standard InChI is InChI=1S/C10H10ClN5O2S/c1-19(17,18)16-8-5-3-2-4-7(8)14-10-13-6-12-9(11)15-10/h2-6,16H,1H3,(H,12,13,14,15). The number of nitrogens with one attached hydrogen (secondary N) is 2. The van der Waals surface area contributed by atoms with E-state index in [0.717, 1.165) is 6.26 Å². The van der Waals surface area contributed by atoms with Crippen molar-refractivity contribution in [2.24, 2.45) is 0 Å². The molecule has 100 valence electrons. The highest BCUT2D eigenvalue weighted by Gasteiger charge is 2.08. The topological polar surface area (TPSA) is 96.9 Å². The van der Waals surface area contributed by atoms with Crippen LogP contribution in [-0.4, -0.2) is 29.6 Å². The lowest BCUT2D eigenvalue weighted by Gasteiger charge is -2.11. The summed E-state index contributed by atoms with van der Waals surface area (Å²) in [5.74, 6) is 0.225. The Kier molecular flexibility index (Phi) is 3.82. The summed E-state index contributed by atoms with van der Waals surface area (Å²) < 4.78 is 24.9. The van der Waals surface area contributed by atoms with Crippen molar-refractivity contribution in [3.63, 3.8) is 0 Å². The monoisotopic (exact) mass is 299 g/mol. The summed E-state index contributed by atoms with van der Waals surface area (Å²) in [7, 11) is -3.37. The molecule has 1 aromatic heterocycles. The first kappa shape index (κ1) is 13.5. The Morgan fingerprint density at radius 3 is 2.47 bits per heavy atom. The molecule has 2 rings (SSSR count). The van der Waals surface area contributed by atoms with Crippen molar-refractivity contribution in [2.45, 2.75) is 0 Å². The van der Waals surface area contributed by atoms with Gasteiger partial charge in [0.05, 0.1) is 17.6 Å². The minimum atomic E-state index is -3.37. The minimum absolute atomic E-state index is 0.0473. The Hall–Kier alpha value is -1.93. The summed E-state index contributed by atoms with van der Waals surface area (Å²) in [4.78, 5) is 11.4. The number of sulfonamides is 1. The van der Waals surface area contributed by atoms with E-state index in [9.17, 15) is 8.42 Å². The molecule has 0 aliphatic heterocycles. The number of anilines is 3. The number of halogens is 1. The molecule has 7 nitrogen and oxygen atoms in total. The van der Waals surface area contributed by atoms with Gasteiger partial charge < -0.3 is 5.32 Å². The first-order valence-electron chi connectivity index (χ1n) is 5.12. The van der Waals surface area contributed by atoms with E-state index < -0.39 is 10.0 Å². The normalized spacial score (nSPS) is 11.1. The highest BCUT2D eigenvalue weighted by molar-refractivity contribution is 7.92. The molecule has 0 spiro atoms. The van der Waals surface area contributed by atoms with Gasteiger partial charge in [-0.1, -0.05) is 12.1 Å². The number of rotatable bonds is 4. The molecule has 0 amide bonds. The molecular formula is C10H10ClN5O2S. The third-order valence-electron chi connectivity index (χ3n) is 2.01. The largest absolute Gasteiger partial charge is 0.322 e. The second-order valence-corrected chi connectivity index (χ2v) is 5.71. The number of aromatic nitrogens is 3. The van der Waals surface area contributed by atoms with E-state index in [0.29, 0.717) is 11.4 Å². The highest BCUT2D eigenvalue weighted by Crippen LogP contribution is 2.24. The van der Waals surface area contributed by atoms with Crippen LogP contribution in [0.25, 0.3) is 0 Å². The average Bonchev–Trinajstić information content (AvgIpc) is 2.30. The summed E-state index contributed by atoms with van der Waals surface area (Å²) in [6, 6.07) is 6.76. The molecule has 0 unspecified atom stereocenters. The average molecular weight is 300 g/mol. The van der Waals surface area contributed by atoms with Crippen LogP contribution < -0.4 is 10.0 Å². The van der Waals surface area contributed by atoms with Gasteiger partial charge in [0.1, 0.15) is 6.33 Å². The summed E-state index contributed by atoms with van der Waals surface area (Å²) >= 11 is 5.64. The van der Waals surface area contributed by atoms with Gasteiger partial charge in [-0.05, 0) is 23.7 Å². The van der Waals surface area contributed by atoms with Crippen LogP contribution in [0.15, 0.2) is 30.6 Å². The van der Waals surface area contributed by atoms with Gasteiger partial charge >= 0.3 is 0 Å². The van der Waals surface area contributed by atoms with E-state index in [2.05, 4.69) is 25.0 Å². The van der Waals surface area contributed by atoms with Crippen molar-refractivity contribution >= 4 is 38.9 Å². The third-order valence-corrected chi connectivity index (χ3v) is 2.78. The van der Waals surface area contributed by atoms with E-state index in [1.54, 1.807) is 24.3 Å². The number of hydrogen-bond donors (Lipinski definition) is 2. The number of hydrogen-bond acceptors (Lipinski definition) is 6. The van der Waals surface area contributed by atoms with Gasteiger partial charge in [0.2, 0.25) is 21.3 Å². The lowest BCUT2D eigenvalue weighted by molar-refractivity contribution is 0.607. The maximum atomic E-state index is 11.3. The van der Waals surface area contributed by atoms with Gasteiger partial charge in [0, 0.05) is 0 Å². The molecular weight excluding hydrogens is 290 g/mol. The zero-order valence-electron chi connectivity index (χ0n) is 9.83. The molecule has 0 saturated heterocycles. The van der Waals surface area contributed by atoms with Crippen LogP contribution in [0.3, 0.4) is 0 Å². The summed E-state index contributed by atoms with van der Waals surface area (Å²) in [6.45, 7) is 0. The Morgan fingerprint density at radius 2 is 1.84 bits per heavy atom. The van der Waals surface area contributed by atoms with Crippen molar-refractivity contribution in [1.82, 2.24) is 15.0 Å². The molecule has 19 heavy (non-hydrogen) atoms. The van der Waals surface area contributed by atoms with Crippen LogP contribution in [-0.2, 0) is 10.0 Å². The molecule has 0 radical (unpaired) electrons. The van der Waals surface area contributed by atoms with Crippen LogP contribution in [0.2, 0.25) is 5.28 Å². The Balaban J connectivity index is 2.30. The van der Waals surface area contributed by atoms with Crippen LogP contribution in [0, 0.1) is 0 Å². The highest BCUT2D eigenvalue weighted by atomic mass is 35.5. The van der Waals surface area contributed by atoms with E-state index in [-0.39, 0.29) is 11.2 Å². The summed E-state index contributed by atoms with van der Waals surface area (Å²) in [6.07, 6.45) is 2.33. The lowest BCUT2D eigenvalue weighted by Crippen LogP contribution is -2.11.